The quantitative estimate of drug-likeness (QED) is 0.147. The van der Waals surface area contributed by atoms with E-state index < -0.39 is 28.0 Å². The third-order valence-corrected chi connectivity index (χ3v) is 11.2. The zero-order valence-electron chi connectivity index (χ0n) is 31.9. The molecule has 284 valence electrons. The molecule has 0 saturated heterocycles. The highest BCUT2D eigenvalue weighted by Gasteiger charge is 2.30. The lowest BCUT2D eigenvalue weighted by Gasteiger charge is -2.34. The molecule has 0 fully saturated rings. The number of sulfonamides is 1. The van der Waals surface area contributed by atoms with Crippen LogP contribution in [0.15, 0.2) is 83.8 Å². The maximum Gasteiger partial charge on any atom is 0.245 e. The molecule has 4 aromatic carbocycles. The van der Waals surface area contributed by atoms with Crippen LogP contribution in [-0.4, -0.2) is 75.1 Å². The van der Waals surface area contributed by atoms with E-state index in [-0.39, 0.29) is 42.0 Å². The van der Waals surface area contributed by atoms with E-state index in [9.17, 15) is 18.0 Å². The van der Waals surface area contributed by atoms with Crippen LogP contribution >= 0.6 is 0 Å². The van der Waals surface area contributed by atoms with E-state index in [4.69, 9.17) is 14.2 Å². The summed E-state index contributed by atoms with van der Waals surface area (Å²) in [6.45, 7) is 14.3. The Morgan fingerprint density at radius 2 is 1.55 bits per heavy atom. The molecule has 0 aromatic heterocycles. The molecule has 11 nitrogen and oxygen atoms in total. The Kier molecular flexibility index (Phi) is 12.4. The number of methoxy groups -OCH3 is 1. The SMILES string of the molecule is CCN(Cc1ccc(CC(NC(=O)CC(NS(=O)(=O)c2ccc3cc(OC)ccc3c2)c2ccc3c(c2)OCO3)C(=O)N(C)C(C)C)cc1)C(C)(C)C. The molecule has 4 aromatic rings. The second-order valence-electron chi connectivity index (χ2n) is 14.7. The Morgan fingerprint density at radius 3 is 2.21 bits per heavy atom. The predicted molar refractivity (Wildman–Crippen MR) is 207 cm³/mol. The average Bonchev–Trinajstić information content (AvgIpc) is 3.60. The van der Waals surface area contributed by atoms with Gasteiger partial charge in [-0.05, 0) is 105 Å². The molecular weight excluding hydrogens is 693 g/mol. The molecule has 1 aliphatic heterocycles. The van der Waals surface area contributed by atoms with Crippen molar-refractivity contribution in [1.29, 1.82) is 0 Å². The lowest BCUT2D eigenvalue weighted by atomic mass is 10.00. The van der Waals surface area contributed by atoms with E-state index in [0.29, 0.717) is 28.2 Å². The Balaban J connectivity index is 1.39. The van der Waals surface area contributed by atoms with Gasteiger partial charge in [-0.15, -0.1) is 0 Å². The van der Waals surface area contributed by atoms with E-state index in [1.807, 2.05) is 32.0 Å². The monoisotopic (exact) mass is 744 g/mol. The number of amides is 2. The van der Waals surface area contributed by atoms with E-state index in [2.05, 4.69) is 54.8 Å². The average molecular weight is 745 g/mol. The van der Waals surface area contributed by atoms with E-state index in [0.717, 1.165) is 29.6 Å². The predicted octanol–water partition coefficient (Wildman–Crippen LogP) is 6.20. The second kappa shape index (κ2) is 16.6. The third kappa shape index (κ3) is 9.87. The lowest BCUT2D eigenvalue weighted by molar-refractivity contribution is -0.136. The number of carbonyl (C=O) groups is 2. The van der Waals surface area contributed by atoms with Gasteiger partial charge in [0.05, 0.1) is 18.0 Å². The van der Waals surface area contributed by atoms with Gasteiger partial charge in [-0.1, -0.05) is 49.4 Å². The number of carbonyl (C=O) groups excluding carboxylic acids is 2. The van der Waals surface area contributed by atoms with Gasteiger partial charge in [-0.25, -0.2) is 13.1 Å². The van der Waals surface area contributed by atoms with Crippen molar-refractivity contribution in [2.45, 2.75) is 89.5 Å². The van der Waals surface area contributed by atoms with E-state index >= 15 is 0 Å². The number of nitrogens with one attached hydrogen (secondary N) is 2. The number of fused-ring (bicyclic) bond motifs is 2. The molecule has 2 N–H and O–H groups in total. The zero-order valence-corrected chi connectivity index (χ0v) is 32.8. The van der Waals surface area contributed by atoms with Crippen LogP contribution in [-0.2, 0) is 32.6 Å². The van der Waals surface area contributed by atoms with Crippen LogP contribution < -0.4 is 24.2 Å². The molecule has 53 heavy (non-hydrogen) atoms. The highest BCUT2D eigenvalue weighted by Crippen LogP contribution is 2.35. The molecule has 0 bridgehead atoms. The number of nitrogens with zero attached hydrogens (tertiary/aromatic N) is 2. The van der Waals surface area contributed by atoms with Gasteiger partial charge in [-0.3, -0.25) is 14.5 Å². The summed E-state index contributed by atoms with van der Waals surface area (Å²) in [6, 6.07) is 21.4. The van der Waals surface area contributed by atoms with E-state index in [1.165, 1.54) is 6.07 Å². The van der Waals surface area contributed by atoms with Crippen molar-refractivity contribution in [2.24, 2.45) is 0 Å². The van der Waals surface area contributed by atoms with Crippen LogP contribution in [0.5, 0.6) is 17.2 Å². The standard InChI is InChI=1S/C41H52N4O7S/c1-9-45(41(4,5)6)25-29-12-10-28(11-13-29)20-36(40(47)44(7)27(2)3)42-39(46)24-35(32-16-19-37-38(23-32)52-26-51-37)43-53(48,49)34-18-15-30-21-33(50-8)17-14-31(30)22-34/h10-19,21-23,27,35-36,43H,9,20,24-26H2,1-8H3,(H,42,46). The van der Waals surface area contributed by atoms with Crippen LogP contribution in [0.4, 0.5) is 0 Å². The normalized spacial score (nSPS) is 14.0. The molecule has 2 unspecified atom stereocenters. The van der Waals surface area contributed by atoms with Crippen molar-refractivity contribution in [1.82, 2.24) is 19.8 Å². The van der Waals surface area contributed by atoms with Crippen LogP contribution in [0.3, 0.4) is 0 Å². The summed E-state index contributed by atoms with van der Waals surface area (Å²) in [4.78, 5) is 31.7. The Morgan fingerprint density at radius 1 is 0.887 bits per heavy atom. The van der Waals surface area contributed by atoms with Crippen molar-refractivity contribution in [2.75, 3.05) is 27.5 Å². The van der Waals surface area contributed by atoms with Crippen LogP contribution in [0.2, 0.25) is 0 Å². The summed E-state index contributed by atoms with van der Waals surface area (Å²) < 4.78 is 46.9. The third-order valence-electron chi connectivity index (χ3n) is 9.74. The first-order chi connectivity index (χ1) is 25.1. The number of rotatable bonds is 15. The summed E-state index contributed by atoms with van der Waals surface area (Å²) >= 11 is 0. The lowest BCUT2D eigenvalue weighted by Crippen LogP contribution is -2.50. The van der Waals surface area contributed by atoms with Gasteiger partial charge in [0.15, 0.2) is 11.5 Å². The first-order valence-electron chi connectivity index (χ1n) is 18.0. The van der Waals surface area contributed by atoms with Gasteiger partial charge < -0.3 is 24.4 Å². The number of benzene rings is 4. The minimum Gasteiger partial charge on any atom is -0.497 e. The molecule has 1 heterocycles. The van der Waals surface area contributed by atoms with Crippen LogP contribution in [0.25, 0.3) is 10.8 Å². The minimum atomic E-state index is -4.13. The Hall–Kier alpha value is -4.65. The van der Waals surface area contributed by atoms with Crippen molar-refractivity contribution in [3.8, 4) is 17.2 Å². The second-order valence-corrected chi connectivity index (χ2v) is 16.4. The first kappa shape index (κ1) is 39.6. The maximum absolute atomic E-state index is 13.9. The van der Waals surface area contributed by atoms with Crippen molar-refractivity contribution < 1.29 is 32.2 Å². The number of hydrogen-bond donors (Lipinski definition) is 2. The molecule has 2 atom stereocenters. The fourth-order valence-corrected chi connectivity index (χ4v) is 7.57. The van der Waals surface area contributed by atoms with Crippen molar-refractivity contribution in [3.63, 3.8) is 0 Å². The molecule has 5 rings (SSSR count). The summed E-state index contributed by atoms with van der Waals surface area (Å²) in [7, 11) is -0.844. The van der Waals surface area contributed by atoms with Crippen LogP contribution in [0, 0.1) is 0 Å². The summed E-state index contributed by atoms with van der Waals surface area (Å²) in [5.74, 6) is 0.908. The minimum absolute atomic E-state index is 0.0212. The zero-order chi connectivity index (χ0) is 38.5. The number of ether oxygens (including phenoxy) is 3. The topological polar surface area (TPSA) is 127 Å². The molecule has 0 aliphatic carbocycles. The van der Waals surface area contributed by atoms with Gasteiger partial charge in [-0.2, -0.15) is 0 Å². The van der Waals surface area contributed by atoms with Gasteiger partial charge in [0.25, 0.3) is 0 Å². The smallest absolute Gasteiger partial charge is 0.245 e. The number of likely N-dealkylation sites (N-methyl/N-ethyl adjacent to an activating group) is 1. The summed E-state index contributed by atoms with van der Waals surface area (Å²) in [5.41, 5.74) is 2.58. The molecule has 12 heteroatoms. The highest BCUT2D eigenvalue weighted by molar-refractivity contribution is 7.89. The molecule has 2 amide bonds. The largest absolute Gasteiger partial charge is 0.497 e. The fourth-order valence-electron chi connectivity index (χ4n) is 6.31. The van der Waals surface area contributed by atoms with E-state index in [1.54, 1.807) is 61.5 Å². The van der Waals surface area contributed by atoms with Gasteiger partial charge in [0, 0.05) is 38.0 Å². The van der Waals surface area contributed by atoms with Gasteiger partial charge in [0.2, 0.25) is 28.6 Å². The molecule has 0 radical (unpaired) electrons. The highest BCUT2D eigenvalue weighted by atomic mass is 32.2. The molecular formula is C41H52N4O7S. The first-order valence-corrected chi connectivity index (χ1v) is 19.4. The summed E-state index contributed by atoms with van der Waals surface area (Å²) in [6.07, 6.45) is -0.0155. The Labute approximate surface area is 313 Å². The molecule has 1 aliphatic rings. The fraction of sp³-hybridized carbons (Fsp3) is 0.415. The van der Waals surface area contributed by atoms with Crippen molar-refractivity contribution in [3.05, 3.63) is 95.6 Å². The molecule has 0 saturated carbocycles. The maximum atomic E-state index is 13.9. The number of hydrogen-bond acceptors (Lipinski definition) is 8. The summed E-state index contributed by atoms with van der Waals surface area (Å²) in [5, 5.41) is 4.48. The van der Waals surface area contributed by atoms with Gasteiger partial charge >= 0.3 is 0 Å². The molecule has 0 spiro atoms. The van der Waals surface area contributed by atoms with Crippen molar-refractivity contribution >= 4 is 32.6 Å². The van der Waals surface area contributed by atoms with Crippen LogP contribution in [0.1, 0.15) is 70.7 Å². The van der Waals surface area contributed by atoms with Gasteiger partial charge in [0.1, 0.15) is 11.8 Å². The Bertz CT molecular complexity index is 2030.